The average Bonchev–Trinajstić information content (AvgIpc) is 2.97. The third kappa shape index (κ3) is 2.35. The van der Waals surface area contributed by atoms with Gasteiger partial charge in [0, 0.05) is 5.56 Å². The summed E-state index contributed by atoms with van der Waals surface area (Å²) in [6, 6.07) is 4.01. The first-order chi connectivity index (χ1) is 9.15. The van der Waals surface area contributed by atoms with Crippen molar-refractivity contribution in [3.05, 3.63) is 34.9 Å². The van der Waals surface area contributed by atoms with Gasteiger partial charge in [0.05, 0.1) is 17.0 Å². The summed E-state index contributed by atoms with van der Waals surface area (Å²) in [5.74, 6) is 0.212. The van der Waals surface area contributed by atoms with Gasteiger partial charge in [-0.05, 0) is 37.5 Å². The number of halogens is 2. The van der Waals surface area contributed by atoms with Crippen molar-refractivity contribution in [2.45, 2.75) is 31.3 Å². The average molecular weight is 283 g/mol. The lowest BCUT2D eigenvalue weighted by atomic mass is 10.1. The van der Waals surface area contributed by atoms with Crippen LogP contribution < -0.4 is 0 Å². The SMILES string of the molecule is OC1CCCC1c1nc(-c2ccc(F)cc2Cl)no1. The molecule has 1 saturated carbocycles. The van der Waals surface area contributed by atoms with Crippen molar-refractivity contribution in [1.82, 2.24) is 10.1 Å². The quantitative estimate of drug-likeness (QED) is 0.919. The Hall–Kier alpha value is -1.46. The third-order valence-electron chi connectivity index (χ3n) is 3.41. The summed E-state index contributed by atoms with van der Waals surface area (Å²) in [4.78, 5) is 4.26. The van der Waals surface area contributed by atoms with Crippen LogP contribution in [0.2, 0.25) is 5.02 Å². The predicted molar refractivity (Wildman–Crippen MR) is 67.3 cm³/mol. The summed E-state index contributed by atoms with van der Waals surface area (Å²) in [7, 11) is 0. The molecule has 3 rings (SSSR count). The van der Waals surface area contributed by atoms with Crippen LogP contribution in [0.5, 0.6) is 0 Å². The second-order valence-electron chi connectivity index (χ2n) is 4.69. The fourth-order valence-corrected chi connectivity index (χ4v) is 2.65. The van der Waals surface area contributed by atoms with E-state index in [1.165, 1.54) is 18.2 Å². The van der Waals surface area contributed by atoms with Crippen molar-refractivity contribution in [2.24, 2.45) is 0 Å². The van der Waals surface area contributed by atoms with Crippen molar-refractivity contribution in [3.63, 3.8) is 0 Å². The van der Waals surface area contributed by atoms with Crippen molar-refractivity contribution in [3.8, 4) is 11.4 Å². The van der Waals surface area contributed by atoms with E-state index in [9.17, 15) is 9.50 Å². The second kappa shape index (κ2) is 4.90. The van der Waals surface area contributed by atoms with E-state index in [1.54, 1.807) is 0 Å². The summed E-state index contributed by atoms with van der Waals surface area (Å²) in [6.45, 7) is 0. The van der Waals surface area contributed by atoms with E-state index >= 15 is 0 Å². The van der Waals surface area contributed by atoms with Crippen molar-refractivity contribution in [2.75, 3.05) is 0 Å². The highest BCUT2D eigenvalue weighted by Gasteiger charge is 2.31. The monoisotopic (exact) mass is 282 g/mol. The van der Waals surface area contributed by atoms with Gasteiger partial charge < -0.3 is 9.63 Å². The van der Waals surface area contributed by atoms with E-state index in [4.69, 9.17) is 16.1 Å². The Kier molecular flexibility index (Phi) is 3.24. The number of benzene rings is 1. The first kappa shape index (κ1) is 12.6. The minimum absolute atomic E-state index is 0.111. The molecule has 0 radical (unpaired) electrons. The molecule has 2 aromatic rings. The van der Waals surface area contributed by atoms with Gasteiger partial charge in [-0.1, -0.05) is 16.8 Å². The van der Waals surface area contributed by atoms with Gasteiger partial charge in [0.15, 0.2) is 0 Å². The van der Waals surface area contributed by atoms with Gasteiger partial charge >= 0.3 is 0 Å². The molecule has 1 aliphatic carbocycles. The van der Waals surface area contributed by atoms with Crippen molar-refractivity contribution >= 4 is 11.6 Å². The molecule has 2 atom stereocenters. The molecule has 0 amide bonds. The van der Waals surface area contributed by atoms with Crippen LogP contribution in [0.25, 0.3) is 11.4 Å². The zero-order valence-corrected chi connectivity index (χ0v) is 10.8. The number of aromatic nitrogens is 2. The Morgan fingerprint density at radius 3 is 2.89 bits per heavy atom. The molecule has 1 heterocycles. The molecule has 2 unspecified atom stereocenters. The molecule has 19 heavy (non-hydrogen) atoms. The van der Waals surface area contributed by atoms with Gasteiger partial charge in [0.1, 0.15) is 5.82 Å². The standard InChI is InChI=1S/C13H12ClFN2O2/c14-10-6-7(15)4-5-8(10)12-16-13(19-17-12)9-2-1-3-11(9)18/h4-6,9,11,18H,1-3H2. The van der Waals surface area contributed by atoms with Crippen LogP contribution in [-0.4, -0.2) is 21.4 Å². The molecule has 1 aliphatic rings. The van der Waals surface area contributed by atoms with Gasteiger partial charge in [-0.3, -0.25) is 0 Å². The maximum atomic E-state index is 13.0. The Morgan fingerprint density at radius 1 is 1.37 bits per heavy atom. The fourth-order valence-electron chi connectivity index (χ4n) is 2.39. The Balaban J connectivity index is 1.92. The number of rotatable bonds is 2. The second-order valence-corrected chi connectivity index (χ2v) is 5.09. The lowest BCUT2D eigenvalue weighted by Gasteiger charge is -2.07. The molecule has 4 nitrogen and oxygen atoms in total. The maximum Gasteiger partial charge on any atom is 0.232 e. The number of aliphatic hydroxyl groups is 1. The summed E-state index contributed by atoms with van der Waals surface area (Å²) < 4.78 is 18.2. The first-order valence-electron chi connectivity index (χ1n) is 6.12. The molecule has 0 saturated heterocycles. The van der Waals surface area contributed by atoms with Crippen LogP contribution in [0.4, 0.5) is 4.39 Å². The normalized spacial score (nSPS) is 22.9. The highest BCUT2D eigenvalue weighted by molar-refractivity contribution is 6.33. The number of hydrogen-bond acceptors (Lipinski definition) is 4. The van der Waals surface area contributed by atoms with Gasteiger partial charge in [0.2, 0.25) is 11.7 Å². The van der Waals surface area contributed by atoms with E-state index in [0.717, 1.165) is 19.3 Å². The molecule has 0 aliphatic heterocycles. The summed E-state index contributed by atoms with van der Waals surface area (Å²) in [5, 5.41) is 13.9. The Bertz CT molecular complexity index is 602. The van der Waals surface area contributed by atoms with Crippen molar-refractivity contribution < 1.29 is 14.0 Å². The minimum Gasteiger partial charge on any atom is -0.392 e. The predicted octanol–water partition coefficient (Wildman–Crippen LogP) is 3.16. The van der Waals surface area contributed by atoms with E-state index in [0.29, 0.717) is 17.3 Å². The minimum atomic E-state index is -0.433. The molecule has 1 aromatic heterocycles. The number of nitrogens with zero attached hydrogens (tertiary/aromatic N) is 2. The van der Waals surface area contributed by atoms with Gasteiger partial charge in [-0.15, -0.1) is 0 Å². The van der Waals surface area contributed by atoms with Crippen LogP contribution in [-0.2, 0) is 0 Å². The lowest BCUT2D eigenvalue weighted by Crippen LogP contribution is -2.11. The van der Waals surface area contributed by atoms with E-state index in [-0.39, 0.29) is 10.9 Å². The van der Waals surface area contributed by atoms with Crippen LogP contribution >= 0.6 is 11.6 Å². The topological polar surface area (TPSA) is 59.2 Å². The fraction of sp³-hybridized carbons (Fsp3) is 0.385. The van der Waals surface area contributed by atoms with Gasteiger partial charge in [0.25, 0.3) is 0 Å². The molecule has 6 heteroatoms. The molecule has 0 bridgehead atoms. The van der Waals surface area contributed by atoms with Crippen LogP contribution in [0.15, 0.2) is 22.7 Å². The molecule has 0 spiro atoms. The zero-order valence-electron chi connectivity index (χ0n) is 10.0. The van der Waals surface area contributed by atoms with E-state index < -0.39 is 11.9 Å². The number of hydrogen-bond donors (Lipinski definition) is 1. The van der Waals surface area contributed by atoms with Crippen LogP contribution in [0, 0.1) is 5.82 Å². The van der Waals surface area contributed by atoms with E-state index in [2.05, 4.69) is 10.1 Å². The largest absolute Gasteiger partial charge is 0.392 e. The Labute approximate surface area is 114 Å². The highest BCUT2D eigenvalue weighted by atomic mass is 35.5. The summed E-state index contributed by atoms with van der Waals surface area (Å²) in [6.07, 6.45) is 2.09. The van der Waals surface area contributed by atoms with Gasteiger partial charge in [-0.25, -0.2) is 4.39 Å². The molecule has 1 N–H and O–H groups in total. The molecular weight excluding hydrogens is 271 g/mol. The summed E-state index contributed by atoms with van der Waals surface area (Å²) in [5.41, 5.74) is 0.519. The first-order valence-corrected chi connectivity index (χ1v) is 6.50. The zero-order chi connectivity index (χ0) is 13.4. The maximum absolute atomic E-state index is 13.0. The highest BCUT2D eigenvalue weighted by Crippen LogP contribution is 2.35. The molecule has 100 valence electrons. The summed E-state index contributed by atoms with van der Waals surface area (Å²) >= 11 is 5.95. The third-order valence-corrected chi connectivity index (χ3v) is 3.72. The van der Waals surface area contributed by atoms with Gasteiger partial charge in [-0.2, -0.15) is 4.98 Å². The molecule has 1 fully saturated rings. The van der Waals surface area contributed by atoms with Crippen LogP contribution in [0.1, 0.15) is 31.1 Å². The van der Waals surface area contributed by atoms with E-state index in [1.807, 2.05) is 0 Å². The number of aliphatic hydroxyl groups excluding tert-OH is 1. The lowest BCUT2D eigenvalue weighted by molar-refractivity contribution is 0.148. The molecular formula is C13H12ClFN2O2. The molecule has 1 aromatic carbocycles. The van der Waals surface area contributed by atoms with Crippen LogP contribution in [0.3, 0.4) is 0 Å². The van der Waals surface area contributed by atoms with Crippen molar-refractivity contribution in [1.29, 1.82) is 0 Å². The smallest absolute Gasteiger partial charge is 0.232 e. The Morgan fingerprint density at radius 2 is 2.21 bits per heavy atom.